The standard InChI is InChI=1S/C18H16N2O4/c1-12(21)19-15-9-7-14(8-10-15)17(22)20-16(18(23)24)11-13-5-3-2-4-6-13/h2-11H,1H3,(H,19,21)(H,20,22)(H,23,24)/p-1. The maximum absolute atomic E-state index is 12.2. The van der Waals surface area contributed by atoms with Crippen molar-refractivity contribution in [1.82, 2.24) is 5.32 Å². The van der Waals surface area contributed by atoms with Crippen LogP contribution < -0.4 is 15.7 Å². The van der Waals surface area contributed by atoms with Crippen molar-refractivity contribution < 1.29 is 19.5 Å². The van der Waals surface area contributed by atoms with E-state index in [0.29, 0.717) is 11.3 Å². The number of carbonyl (C=O) groups is 3. The molecule has 0 aliphatic carbocycles. The van der Waals surface area contributed by atoms with E-state index in [1.807, 2.05) is 0 Å². The molecule has 0 radical (unpaired) electrons. The molecule has 0 saturated carbocycles. The molecule has 24 heavy (non-hydrogen) atoms. The molecule has 6 heteroatoms. The number of aliphatic carboxylic acids is 1. The first kappa shape index (κ1) is 17.0. The van der Waals surface area contributed by atoms with Crippen LogP contribution in [0, 0.1) is 0 Å². The van der Waals surface area contributed by atoms with Crippen molar-refractivity contribution in [1.29, 1.82) is 0 Å². The van der Waals surface area contributed by atoms with Gasteiger partial charge in [0.05, 0.1) is 11.7 Å². The SMILES string of the molecule is CC(=O)Nc1ccc(C(=O)NC(=Cc2ccccc2)C(=O)[O-])cc1. The third-order valence-corrected chi connectivity index (χ3v) is 3.05. The Kier molecular flexibility index (Phi) is 5.46. The van der Waals surface area contributed by atoms with E-state index >= 15 is 0 Å². The molecule has 2 rings (SSSR count). The molecule has 2 aromatic carbocycles. The number of hydrogen-bond acceptors (Lipinski definition) is 4. The maximum atomic E-state index is 12.2. The highest BCUT2D eigenvalue weighted by molar-refractivity contribution is 6.02. The lowest BCUT2D eigenvalue weighted by atomic mass is 10.1. The van der Waals surface area contributed by atoms with Crippen LogP contribution in [0.2, 0.25) is 0 Å². The van der Waals surface area contributed by atoms with Crippen LogP contribution in [0.4, 0.5) is 5.69 Å². The third kappa shape index (κ3) is 4.81. The summed E-state index contributed by atoms with van der Waals surface area (Å²) in [6, 6.07) is 14.8. The molecule has 0 atom stereocenters. The Morgan fingerprint density at radius 2 is 1.58 bits per heavy atom. The molecule has 2 amide bonds. The highest BCUT2D eigenvalue weighted by atomic mass is 16.4. The molecule has 2 aromatic rings. The van der Waals surface area contributed by atoms with E-state index in [-0.39, 0.29) is 17.2 Å². The fourth-order valence-electron chi connectivity index (χ4n) is 1.96. The molecule has 0 bridgehead atoms. The normalized spacial score (nSPS) is 10.8. The third-order valence-electron chi connectivity index (χ3n) is 3.05. The van der Waals surface area contributed by atoms with Gasteiger partial charge in [-0.05, 0) is 35.9 Å². The number of hydrogen-bond donors (Lipinski definition) is 2. The predicted molar refractivity (Wildman–Crippen MR) is 87.6 cm³/mol. The van der Waals surface area contributed by atoms with Gasteiger partial charge in [0.15, 0.2) is 0 Å². The van der Waals surface area contributed by atoms with Crippen LogP contribution in [-0.4, -0.2) is 17.8 Å². The Labute approximate surface area is 138 Å². The van der Waals surface area contributed by atoms with E-state index < -0.39 is 11.9 Å². The van der Waals surface area contributed by atoms with Gasteiger partial charge in [-0.2, -0.15) is 0 Å². The van der Waals surface area contributed by atoms with Crippen LogP contribution in [0.3, 0.4) is 0 Å². The highest BCUT2D eigenvalue weighted by Gasteiger charge is 2.09. The molecule has 2 N–H and O–H groups in total. The molecule has 0 unspecified atom stereocenters. The van der Waals surface area contributed by atoms with E-state index in [4.69, 9.17) is 0 Å². The van der Waals surface area contributed by atoms with Crippen LogP contribution in [0.15, 0.2) is 60.3 Å². The average Bonchev–Trinajstić information content (AvgIpc) is 2.55. The highest BCUT2D eigenvalue weighted by Crippen LogP contribution is 2.11. The smallest absolute Gasteiger partial charge is 0.255 e. The average molecular weight is 323 g/mol. The Hall–Kier alpha value is -3.41. The molecule has 0 heterocycles. The summed E-state index contributed by atoms with van der Waals surface area (Å²) in [7, 11) is 0. The van der Waals surface area contributed by atoms with Crippen LogP contribution >= 0.6 is 0 Å². The molecular formula is C18H15N2O4-. The summed E-state index contributed by atoms with van der Waals surface area (Å²) in [5.41, 5.74) is 1.08. The number of carbonyl (C=O) groups excluding carboxylic acids is 3. The summed E-state index contributed by atoms with van der Waals surface area (Å²) in [6.45, 7) is 1.38. The summed E-state index contributed by atoms with van der Waals surface area (Å²) >= 11 is 0. The zero-order valence-electron chi connectivity index (χ0n) is 12.9. The summed E-state index contributed by atoms with van der Waals surface area (Å²) < 4.78 is 0. The lowest BCUT2D eigenvalue weighted by Gasteiger charge is -2.11. The minimum atomic E-state index is -1.48. The van der Waals surface area contributed by atoms with Crippen molar-refractivity contribution in [3.63, 3.8) is 0 Å². The number of carboxylic acid groups (broad SMARTS) is 1. The molecule has 0 fully saturated rings. The second kappa shape index (κ2) is 7.73. The minimum Gasteiger partial charge on any atom is -0.543 e. The molecule has 122 valence electrons. The van der Waals surface area contributed by atoms with Crippen LogP contribution in [0.1, 0.15) is 22.8 Å². The molecule has 0 aliphatic rings. The fourth-order valence-corrected chi connectivity index (χ4v) is 1.96. The minimum absolute atomic E-state index is 0.225. The van der Waals surface area contributed by atoms with Gasteiger partial charge in [-0.3, -0.25) is 9.59 Å². The number of rotatable bonds is 5. The first-order valence-electron chi connectivity index (χ1n) is 7.13. The lowest BCUT2D eigenvalue weighted by Crippen LogP contribution is -2.35. The van der Waals surface area contributed by atoms with E-state index in [1.165, 1.54) is 25.1 Å². The molecule has 0 saturated heterocycles. The first-order chi connectivity index (χ1) is 11.5. The molecule has 0 aliphatic heterocycles. The van der Waals surface area contributed by atoms with Gasteiger partial charge < -0.3 is 20.5 Å². The van der Waals surface area contributed by atoms with Crippen molar-refractivity contribution in [3.8, 4) is 0 Å². The fraction of sp³-hybridized carbons (Fsp3) is 0.0556. The Morgan fingerprint density at radius 3 is 2.12 bits per heavy atom. The van der Waals surface area contributed by atoms with E-state index in [1.54, 1.807) is 42.5 Å². The molecule has 0 spiro atoms. The number of benzene rings is 2. The zero-order valence-corrected chi connectivity index (χ0v) is 12.9. The van der Waals surface area contributed by atoms with Gasteiger partial charge in [0.25, 0.3) is 5.91 Å². The van der Waals surface area contributed by atoms with Crippen molar-refractivity contribution in [2.24, 2.45) is 0 Å². The lowest BCUT2D eigenvalue weighted by molar-refractivity contribution is -0.299. The summed E-state index contributed by atoms with van der Waals surface area (Å²) in [5.74, 6) is -2.30. The number of nitrogens with one attached hydrogen (secondary N) is 2. The number of anilines is 1. The molecule has 6 nitrogen and oxygen atoms in total. The zero-order chi connectivity index (χ0) is 17.5. The van der Waals surface area contributed by atoms with Gasteiger partial charge in [0.1, 0.15) is 0 Å². The summed E-state index contributed by atoms with van der Waals surface area (Å²) in [4.78, 5) is 34.3. The molecular weight excluding hydrogens is 308 g/mol. The Bertz CT molecular complexity index is 780. The maximum Gasteiger partial charge on any atom is 0.255 e. The van der Waals surface area contributed by atoms with Crippen molar-refractivity contribution in [2.45, 2.75) is 6.92 Å². The van der Waals surface area contributed by atoms with Gasteiger partial charge in [-0.15, -0.1) is 0 Å². The monoisotopic (exact) mass is 323 g/mol. The summed E-state index contributed by atoms with van der Waals surface area (Å²) in [5, 5.41) is 16.1. The summed E-state index contributed by atoms with van der Waals surface area (Å²) in [6.07, 6.45) is 1.32. The predicted octanol–water partition coefficient (Wildman–Crippen LogP) is 1.17. The van der Waals surface area contributed by atoms with Gasteiger partial charge >= 0.3 is 0 Å². The second-order valence-electron chi connectivity index (χ2n) is 4.97. The van der Waals surface area contributed by atoms with Gasteiger partial charge in [0, 0.05) is 18.2 Å². The van der Waals surface area contributed by atoms with E-state index in [0.717, 1.165) is 0 Å². The van der Waals surface area contributed by atoms with Gasteiger partial charge in [-0.1, -0.05) is 30.3 Å². The van der Waals surface area contributed by atoms with Gasteiger partial charge in [-0.25, -0.2) is 0 Å². The van der Waals surface area contributed by atoms with E-state index in [9.17, 15) is 19.5 Å². The largest absolute Gasteiger partial charge is 0.543 e. The first-order valence-corrected chi connectivity index (χ1v) is 7.13. The Morgan fingerprint density at radius 1 is 0.958 bits per heavy atom. The van der Waals surface area contributed by atoms with Gasteiger partial charge in [0.2, 0.25) is 5.91 Å². The van der Waals surface area contributed by atoms with Crippen LogP contribution in [-0.2, 0) is 9.59 Å². The van der Waals surface area contributed by atoms with Crippen molar-refractivity contribution in [2.75, 3.05) is 5.32 Å². The molecule has 0 aromatic heterocycles. The topological polar surface area (TPSA) is 98.3 Å². The van der Waals surface area contributed by atoms with Crippen molar-refractivity contribution in [3.05, 3.63) is 71.4 Å². The quantitative estimate of drug-likeness (QED) is 0.807. The second-order valence-corrected chi connectivity index (χ2v) is 4.97. The number of carboxylic acids is 1. The van der Waals surface area contributed by atoms with E-state index in [2.05, 4.69) is 10.6 Å². The van der Waals surface area contributed by atoms with Crippen molar-refractivity contribution >= 4 is 29.5 Å². The Balaban J connectivity index is 2.15. The van der Waals surface area contributed by atoms with Crippen LogP contribution in [0.5, 0.6) is 0 Å². The number of amides is 2. The van der Waals surface area contributed by atoms with Crippen LogP contribution in [0.25, 0.3) is 6.08 Å².